The Morgan fingerprint density at radius 1 is 1.53 bits per heavy atom. The third-order valence-corrected chi connectivity index (χ3v) is 3.25. The molecule has 2 N–H and O–H groups in total. The van der Waals surface area contributed by atoms with Gasteiger partial charge in [0.05, 0.1) is 7.05 Å². The molecule has 8 heteroatoms. The van der Waals surface area contributed by atoms with E-state index in [4.69, 9.17) is 5.73 Å². The van der Waals surface area contributed by atoms with Crippen LogP contribution >= 0.6 is 12.4 Å². The Morgan fingerprint density at radius 2 is 2.21 bits per heavy atom. The van der Waals surface area contributed by atoms with E-state index in [2.05, 4.69) is 0 Å². The Balaban J connectivity index is 0.00000180. The minimum atomic E-state index is -0.501. The fourth-order valence-electron chi connectivity index (χ4n) is 2.26. The van der Waals surface area contributed by atoms with Gasteiger partial charge in [0.25, 0.3) is 5.91 Å². The van der Waals surface area contributed by atoms with Gasteiger partial charge in [-0.15, -0.1) is 12.4 Å². The highest BCUT2D eigenvalue weighted by molar-refractivity contribution is 5.93. The van der Waals surface area contributed by atoms with Crippen molar-refractivity contribution >= 4 is 24.1 Å². The molecule has 0 radical (unpaired) electrons. The van der Waals surface area contributed by atoms with E-state index in [9.17, 15) is 14.9 Å². The average Bonchev–Trinajstić information content (AvgIpc) is 2.70. The maximum atomic E-state index is 12.2. The summed E-state index contributed by atoms with van der Waals surface area (Å²) in [5, 5.41) is 10.7. The SMILES string of the molecule is Cl.Cn1c(C(=O)N2CCC[C@@H](N)C2)ccc1[N+](=O)[O-]. The van der Waals surface area contributed by atoms with Crippen LogP contribution < -0.4 is 5.73 Å². The molecule has 1 atom stereocenters. The van der Waals surface area contributed by atoms with E-state index in [1.165, 1.54) is 23.7 Å². The summed E-state index contributed by atoms with van der Waals surface area (Å²) >= 11 is 0. The summed E-state index contributed by atoms with van der Waals surface area (Å²) in [4.78, 5) is 24.1. The minimum absolute atomic E-state index is 0. The molecule has 1 aliphatic rings. The second-order valence-electron chi connectivity index (χ2n) is 4.55. The molecule has 1 saturated heterocycles. The Kier molecular flexibility index (Phi) is 4.90. The molecule has 106 valence electrons. The number of nitrogens with zero attached hydrogens (tertiary/aromatic N) is 3. The number of nitro groups is 1. The molecule has 1 aromatic rings. The van der Waals surface area contributed by atoms with Crippen molar-refractivity contribution in [2.75, 3.05) is 13.1 Å². The predicted molar refractivity (Wildman–Crippen MR) is 72.4 cm³/mol. The van der Waals surface area contributed by atoms with Crippen molar-refractivity contribution in [3.05, 3.63) is 27.9 Å². The summed E-state index contributed by atoms with van der Waals surface area (Å²) in [7, 11) is 1.52. The Bertz CT molecular complexity index is 488. The third kappa shape index (κ3) is 3.05. The number of aromatic nitrogens is 1. The fraction of sp³-hybridized carbons (Fsp3) is 0.545. The maximum Gasteiger partial charge on any atom is 0.323 e. The highest BCUT2D eigenvalue weighted by Crippen LogP contribution is 2.18. The largest absolute Gasteiger partial charge is 0.358 e. The van der Waals surface area contributed by atoms with E-state index in [1.807, 2.05) is 0 Å². The van der Waals surface area contributed by atoms with Gasteiger partial charge in [-0.2, -0.15) is 0 Å². The lowest BCUT2D eigenvalue weighted by atomic mass is 10.1. The summed E-state index contributed by atoms with van der Waals surface area (Å²) < 4.78 is 1.31. The normalized spacial score (nSPS) is 18.8. The van der Waals surface area contributed by atoms with Crippen molar-refractivity contribution in [1.29, 1.82) is 0 Å². The molecule has 0 spiro atoms. The molecule has 0 aromatic carbocycles. The van der Waals surface area contributed by atoms with Crippen molar-refractivity contribution in [2.24, 2.45) is 12.8 Å². The highest BCUT2D eigenvalue weighted by atomic mass is 35.5. The van der Waals surface area contributed by atoms with Crippen molar-refractivity contribution in [2.45, 2.75) is 18.9 Å². The van der Waals surface area contributed by atoms with E-state index in [-0.39, 0.29) is 30.2 Å². The first kappa shape index (κ1) is 15.5. The van der Waals surface area contributed by atoms with Gasteiger partial charge in [0.15, 0.2) is 5.69 Å². The number of carbonyl (C=O) groups excluding carboxylic acids is 1. The predicted octanol–water partition coefficient (Wildman–Crippen LogP) is 0.918. The van der Waals surface area contributed by atoms with Crippen LogP contribution in [0.2, 0.25) is 0 Å². The summed E-state index contributed by atoms with van der Waals surface area (Å²) in [6, 6.07) is 2.83. The zero-order valence-corrected chi connectivity index (χ0v) is 11.4. The molecule has 0 aliphatic carbocycles. The quantitative estimate of drug-likeness (QED) is 0.646. The van der Waals surface area contributed by atoms with Crippen LogP contribution in [0.15, 0.2) is 12.1 Å². The second-order valence-corrected chi connectivity index (χ2v) is 4.55. The average molecular weight is 289 g/mol. The molecule has 0 unspecified atom stereocenters. The van der Waals surface area contributed by atoms with E-state index in [1.54, 1.807) is 4.90 Å². The van der Waals surface area contributed by atoms with Crippen LogP contribution in [-0.4, -0.2) is 39.4 Å². The number of amides is 1. The van der Waals surface area contributed by atoms with Gasteiger partial charge < -0.3 is 20.7 Å². The molecule has 2 rings (SSSR count). The lowest BCUT2D eigenvalue weighted by Crippen LogP contribution is -2.46. The van der Waals surface area contributed by atoms with Crippen LogP contribution in [0.1, 0.15) is 23.3 Å². The Morgan fingerprint density at radius 3 is 2.74 bits per heavy atom. The number of likely N-dealkylation sites (tertiary alicyclic amines) is 1. The van der Waals surface area contributed by atoms with E-state index >= 15 is 0 Å². The van der Waals surface area contributed by atoms with Crippen molar-refractivity contribution < 1.29 is 9.72 Å². The molecule has 0 saturated carbocycles. The van der Waals surface area contributed by atoms with E-state index < -0.39 is 4.92 Å². The number of hydrogen-bond donors (Lipinski definition) is 1. The first-order chi connectivity index (χ1) is 8.50. The van der Waals surface area contributed by atoms with Crippen molar-refractivity contribution in [3.63, 3.8) is 0 Å². The van der Waals surface area contributed by atoms with Gasteiger partial charge in [0.2, 0.25) is 0 Å². The lowest BCUT2D eigenvalue weighted by Gasteiger charge is -2.30. The fourth-order valence-corrected chi connectivity index (χ4v) is 2.26. The molecular weight excluding hydrogens is 272 g/mol. The number of hydrogen-bond acceptors (Lipinski definition) is 4. The zero-order chi connectivity index (χ0) is 13.3. The van der Waals surface area contributed by atoms with Gasteiger partial charge in [0, 0.05) is 25.2 Å². The van der Waals surface area contributed by atoms with Gasteiger partial charge in [-0.05, 0) is 23.8 Å². The number of nitrogens with two attached hydrogens (primary N) is 1. The number of rotatable bonds is 2. The first-order valence-corrected chi connectivity index (χ1v) is 5.85. The van der Waals surface area contributed by atoms with Crippen LogP contribution in [-0.2, 0) is 7.05 Å². The molecule has 1 amide bonds. The van der Waals surface area contributed by atoms with Gasteiger partial charge in [-0.25, -0.2) is 4.57 Å². The smallest absolute Gasteiger partial charge is 0.323 e. The van der Waals surface area contributed by atoms with Crippen LogP contribution in [0.5, 0.6) is 0 Å². The molecule has 2 heterocycles. The van der Waals surface area contributed by atoms with Gasteiger partial charge >= 0.3 is 5.82 Å². The minimum Gasteiger partial charge on any atom is -0.358 e. The summed E-state index contributed by atoms with van der Waals surface area (Å²) in [6.07, 6.45) is 1.79. The van der Waals surface area contributed by atoms with E-state index in [0.717, 1.165) is 12.8 Å². The van der Waals surface area contributed by atoms with E-state index in [0.29, 0.717) is 18.8 Å². The topological polar surface area (TPSA) is 94.4 Å². The highest BCUT2D eigenvalue weighted by Gasteiger charge is 2.27. The zero-order valence-electron chi connectivity index (χ0n) is 10.6. The Labute approximate surface area is 116 Å². The van der Waals surface area contributed by atoms with Crippen molar-refractivity contribution in [1.82, 2.24) is 9.47 Å². The number of piperidine rings is 1. The molecular formula is C11H17ClN4O3. The Hall–Kier alpha value is -1.60. The monoisotopic (exact) mass is 288 g/mol. The van der Waals surface area contributed by atoms with Gasteiger partial charge in [-0.1, -0.05) is 0 Å². The van der Waals surface area contributed by atoms with Crippen LogP contribution in [0.25, 0.3) is 0 Å². The van der Waals surface area contributed by atoms with Crippen molar-refractivity contribution in [3.8, 4) is 0 Å². The second kappa shape index (κ2) is 6.03. The molecule has 19 heavy (non-hydrogen) atoms. The summed E-state index contributed by atoms with van der Waals surface area (Å²) in [5.74, 6) is -0.277. The molecule has 1 fully saturated rings. The number of halogens is 1. The summed E-state index contributed by atoms with van der Waals surface area (Å²) in [6.45, 7) is 1.17. The number of carbonyl (C=O) groups is 1. The third-order valence-electron chi connectivity index (χ3n) is 3.25. The van der Waals surface area contributed by atoms with Gasteiger partial charge in [0.1, 0.15) is 0 Å². The molecule has 1 aliphatic heterocycles. The summed E-state index contributed by atoms with van der Waals surface area (Å²) in [5.41, 5.74) is 6.15. The lowest BCUT2D eigenvalue weighted by molar-refractivity contribution is -0.391. The molecule has 1 aromatic heterocycles. The van der Waals surface area contributed by atoms with Gasteiger partial charge in [-0.3, -0.25) is 4.79 Å². The first-order valence-electron chi connectivity index (χ1n) is 5.85. The maximum absolute atomic E-state index is 12.2. The van der Waals surface area contributed by atoms with Crippen LogP contribution in [0.3, 0.4) is 0 Å². The molecule has 7 nitrogen and oxygen atoms in total. The van der Waals surface area contributed by atoms with Crippen LogP contribution in [0, 0.1) is 10.1 Å². The molecule has 0 bridgehead atoms. The van der Waals surface area contributed by atoms with Crippen LogP contribution in [0.4, 0.5) is 5.82 Å². The standard InChI is InChI=1S/C11H16N4O3.ClH/c1-13-9(4-5-10(13)15(17)18)11(16)14-6-2-3-8(12)7-14;/h4-5,8H,2-3,6-7,12H2,1H3;1H/t8-;/m1./s1.